The van der Waals surface area contributed by atoms with Gasteiger partial charge in [-0.05, 0) is 13.0 Å². The second-order valence-corrected chi connectivity index (χ2v) is 9.95. The Bertz CT molecular complexity index is 107. The van der Waals surface area contributed by atoms with Crippen molar-refractivity contribution in [3.8, 4) is 0 Å². The Morgan fingerprint density at radius 3 is 2.00 bits per heavy atom. The summed E-state index contributed by atoms with van der Waals surface area (Å²) < 4.78 is 5.31. The van der Waals surface area contributed by atoms with E-state index in [4.69, 9.17) is 4.74 Å². The Morgan fingerprint density at radius 2 is 1.89 bits per heavy atom. The fraction of sp³-hybridized carbons (Fsp3) is 1.00. The highest BCUT2D eigenvalue weighted by molar-refractivity contribution is 6.76. The Hall–Kier alpha value is 0.177. The van der Waals surface area contributed by atoms with Gasteiger partial charge in [-0.15, -0.1) is 0 Å². The molecule has 1 rings (SSSR count). The van der Waals surface area contributed by atoms with Crippen molar-refractivity contribution in [1.82, 2.24) is 0 Å². The van der Waals surface area contributed by atoms with Gasteiger partial charge in [-0.3, -0.25) is 0 Å². The first-order valence-corrected chi connectivity index (χ1v) is 7.26. The lowest BCUT2D eigenvalue weighted by Crippen LogP contribution is -2.26. The summed E-state index contributed by atoms with van der Waals surface area (Å²) in [5, 5.41) is 0. The molecular formula is C7H16OSi. The fourth-order valence-electron chi connectivity index (χ4n) is 1.35. The van der Waals surface area contributed by atoms with Crippen molar-refractivity contribution >= 4 is 8.07 Å². The molecule has 2 heteroatoms. The van der Waals surface area contributed by atoms with Crippen LogP contribution in [-0.4, -0.2) is 20.3 Å². The minimum atomic E-state index is -0.855. The molecule has 1 atom stereocenters. The molecule has 0 amide bonds. The van der Waals surface area contributed by atoms with Crippen molar-refractivity contribution in [2.24, 2.45) is 0 Å². The van der Waals surface area contributed by atoms with Gasteiger partial charge >= 0.3 is 0 Å². The molecule has 1 saturated heterocycles. The number of hydrogen-bond donors (Lipinski definition) is 0. The van der Waals surface area contributed by atoms with E-state index in [2.05, 4.69) is 26.6 Å². The van der Waals surface area contributed by atoms with E-state index in [0.717, 1.165) is 6.61 Å². The molecule has 0 aromatic heterocycles. The first-order valence-electron chi connectivity index (χ1n) is 3.55. The molecule has 0 aromatic carbocycles. The van der Waals surface area contributed by atoms with Gasteiger partial charge in [-0.25, -0.2) is 0 Å². The van der Waals surface area contributed by atoms with Crippen LogP contribution in [0.4, 0.5) is 0 Å². The minimum absolute atomic E-state index is 0.296. The Kier molecular flexibility index (Phi) is 1.48. The van der Waals surface area contributed by atoms with E-state index >= 15 is 0 Å². The summed E-state index contributed by atoms with van der Waals surface area (Å²) in [5.74, 6) is 0. The quantitative estimate of drug-likeness (QED) is 0.427. The van der Waals surface area contributed by atoms with Gasteiger partial charge in [-0.2, -0.15) is 0 Å². The van der Waals surface area contributed by atoms with Crippen LogP contribution in [0, 0.1) is 0 Å². The van der Waals surface area contributed by atoms with E-state index in [9.17, 15) is 0 Å². The van der Waals surface area contributed by atoms with Gasteiger partial charge in [0.2, 0.25) is 0 Å². The van der Waals surface area contributed by atoms with Gasteiger partial charge in [0.15, 0.2) is 0 Å². The molecule has 1 fully saturated rings. The van der Waals surface area contributed by atoms with Crippen molar-refractivity contribution in [3.63, 3.8) is 0 Å². The molecule has 0 bridgehead atoms. The summed E-state index contributed by atoms with van der Waals surface area (Å²) in [4.78, 5) is 0. The summed E-state index contributed by atoms with van der Waals surface area (Å²) in [6, 6.07) is 1.32. The zero-order valence-electron chi connectivity index (χ0n) is 6.82. The first-order chi connectivity index (χ1) is 3.91. The first kappa shape index (κ1) is 7.29. The third kappa shape index (κ3) is 2.50. The number of epoxide rings is 1. The fourth-order valence-corrected chi connectivity index (χ4v) is 3.79. The molecule has 54 valence electrons. The second-order valence-electron chi connectivity index (χ2n) is 4.48. The molecule has 9 heavy (non-hydrogen) atoms. The molecule has 1 aliphatic rings. The zero-order valence-corrected chi connectivity index (χ0v) is 7.82. The van der Waals surface area contributed by atoms with Crippen LogP contribution in [0.25, 0.3) is 0 Å². The van der Waals surface area contributed by atoms with E-state index < -0.39 is 8.07 Å². The highest BCUT2D eigenvalue weighted by Gasteiger charge is 2.42. The van der Waals surface area contributed by atoms with E-state index in [1.807, 2.05) is 0 Å². The molecule has 0 aromatic rings. The molecule has 1 unspecified atom stereocenters. The highest BCUT2D eigenvalue weighted by atomic mass is 28.3. The molecule has 0 radical (unpaired) electrons. The monoisotopic (exact) mass is 144 g/mol. The Balaban J connectivity index is 2.33. The lowest BCUT2D eigenvalue weighted by Gasteiger charge is -2.17. The van der Waals surface area contributed by atoms with Crippen LogP contribution in [0.3, 0.4) is 0 Å². The van der Waals surface area contributed by atoms with Gasteiger partial charge in [0.05, 0.1) is 12.2 Å². The summed E-state index contributed by atoms with van der Waals surface area (Å²) in [5.41, 5.74) is 0.296. The van der Waals surface area contributed by atoms with Crippen LogP contribution >= 0.6 is 0 Å². The molecular weight excluding hydrogens is 128 g/mol. The Labute approximate surface area is 58.4 Å². The maximum Gasteiger partial charge on any atom is 0.0865 e. The molecule has 0 aliphatic carbocycles. The number of ether oxygens (including phenoxy) is 1. The SMILES string of the molecule is CC1(C[Si](C)(C)C)CO1. The maximum atomic E-state index is 5.31. The van der Waals surface area contributed by atoms with E-state index in [-0.39, 0.29) is 0 Å². The largest absolute Gasteiger partial charge is 0.370 e. The molecule has 1 aliphatic heterocycles. The average molecular weight is 144 g/mol. The normalized spacial score (nSPS) is 34.7. The van der Waals surface area contributed by atoms with Crippen molar-refractivity contribution in [3.05, 3.63) is 0 Å². The van der Waals surface area contributed by atoms with Crippen molar-refractivity contribution < 1.29 is 4.74 Å². The summed E-state index contributed by atoms with van der Waals surface area (Å²) in [6.45, 7) is 10.4. The van der Waals surface area contributed by atoms with Crippen LogP contribution in [0.15, 0.2) is 0 Å². The van der Waals surface area contributed by atoms with Crippen molar-refractivity contribution in [1.29, 1.82) is 0 Å². The topological polar surface area (TPSA) is 12.5 Å². The third-order valence-corrected chi connectivity index (χ3v) is 3.35. The molecule has 0 spiro atoms. The summed E-state index contributed by atoms with van der Waals surface area (Å²) in [7, 11) is -0.855. The summed E-state index contributed by atoms with van der Waals surface area (Å²) >= 11 is 0. The lowest BCUT2D eigenvalue weighted by atomic mass is 10.3. The van der Waals surface area contributed by atoms with Gasteiger partial charge < -0.3 is 4.74 Å². The van der Waals surface area contributed by atoms with Crippen LogP contribution in [0.1, 0.15) is 6.92 Å². The molecule has 0 saturated carbocycles. The summed E-state index contributed by atoms with van der Waals surface area (Å²) in [6.07, 6.45) is 0. The number of hydrogen-bond acceptors (Lipinski definition) is 1. The third-order valence-electron chi connectivity index (χ3n) is 1.54. The predicted molar refractivity (Wildman–Crippen MR) is 42.5 cm³/mol. The van der Waals surface area contributed by atoms with E-state index in [1.165, 1.54) is 6.04 Å². The highest BCUT2D eigenvalue weighted by Crippen LogP contribution is 2.34. The van der Waals surface area contributed by atoms with Gasteiger partial charge in [0.1, 0.15) is 0 Å². The molecule has 0 N–H and O–H groups in total. The predicted octanol–water partition coefficient (Wildman–Crippen LogP) is 2.11. The van der Waals surface area contributed by atoms with Gasteiger partial charge in [0.25, 0.3) is 0 Å². The Morgan fingerprint density at radius 1 is 1.44 bits per heavy atom. The smallest absolute Gasteiger partial charge is 0.0865 e. The van der Waals surface area contributed by atoms with E-state index in [0.29, 0.717) is 5.60 Å². The van der Waals surface area contributed by atoms with Crippen LogP contribution in [0.5, 0.6) is 0 Å². The van der Waals surface area contributed by atoms with Crippen molar-refractivity contribution in [2.45, 2.75) is 38.2 Å². The van der Waals surface area contributed by atoms with Crippen molar-refractivity contribution in [2.75, 3.05) is 6.61 Å². The lowest BCUT2D eigenvalue weighted by molar-refractivity contribution is 0.341. The van der Waals surface area contributed by atoms with Crippen LogP contribution in [-0.2, 0) is 4.74 Å². The maximum absolute atomic E-state index is 5.31. The molecule has 1 nitrogen and oxygen atoms in total. The standard InChI is InChI=1S/C7H16OSi/c1-7(5-8-7)6-9(2,3)4/h5-6H2,1-4H3. The van der Waals surface area contributed by atoms with Crippen LogP contribution < -0.4 is 0 Å². The molecule has 1 heterocycles. The second kappa shape index (κ2) is 1.83. The van der Waals surface area contributed by atoms with E-state index in [1.54, 1.807) is 0 Å². The minimum Gasteiger partial charge on any atom is -0.370 e. The van der Waals surface area contributed by atoms with Crippen LogP contribution in [0.2, 0.25) is 25.7 Å². The number of rotatable bonds is 2. The average Bonchev–Trinajstić information content (AvgIpc) is 2.12. The van der Waals surface area contributed by atoms with Gasteiger partial charge in [-0.1, -0.05) is 19.6 Å². The zero-order chi connectivity index (χ0) is 7.12. The van der Waals surface area contributed by atoms with Gasteiger partial charge in [0, 0.05) is 8.07 Å².